The number of nitrogens with zero attached hydrogens (tertiary/aromatic N) is 4. The summed E-state index contributed by atoms with van der Waals surface area (Å²) in [6.07, 6.45) is 1.81. The summed E-state index contributed by atoms with van der Waals surface area (Å²) in [5, 5.41) is 7.52. The van der Waals surface area contributed by atoms with Crippen LogP contribution in [0.5, 0.6) is 11.5 Å². The third kappa shape index (κ3) is 4.88. The summed E-state index contributed by atoms with van der Waals surface area (Å²) in [7, 11) is 0. The van der Waals surface area contributed by atoms with Crippen LogP contribution in [0.4, 0.5) is 0 Å². The number of morpholine rings is 1. The quantitative estimate of drug-likeness (QED) is 0.515. The number of halogens is 1. The molecule has 0 amide bonds. The van der Waals surface area contributed by atoms with Gasteiger partial charge in [-0.3, -0.25) is 9.89 Å². The zero-order valence-corrected chi connectivity index (χ0v) is 19.0. The number of ether oxygens (including phenoxy) is 3. The number of aromatic nitrogens is 1. The molecular formula is C23H23ClN4O3S. The minimum Gasteiger partial charge on any atom is -0.454 e. The van der Waals surface area contributed by atoms with Crippen molar-refractivity contribution < 1.29 is 14.2 Å². The van der Waals surface area contributed by atoms with Gasteiger partial charge in [-0.2, -0.15) is 5.10 Å². The first-order valence-electron chi connectivity index (χ1n) is 10.5. The summed E-state index contributed by atoms with van der Waals surface area (Å²) in [6, 6.07) is 13.5. The van der Waals surface area contributed by atoms with Crippen molar-refractivity contribution in [3.8, 4) is 22.8 Å². The number of rotatable bonds is 6. The van der Waals surface area contributed by atoms with Crippen LogP contribution in [0.1, 0.15) is 5.56 Å². The second-order valence-corrected chi connectivity index (χ2v) is 8.69. The van der Waals surface area contributed by atoms with Gasteiger partial charge in [0.25, 0.3) is 0 Å². The Balaban J connectivity index is 1.44. The van der Waals surface area contributed by atoms with Gasteiger partial charge >= 0.3 is 0 Å². The van der Waals surface area contributed by atoms with Gasteiger partial charge in [0.1, 0.15) is 0 Å². The SMILES string of the molecule is Clc1cccc(-c2csc(=NCCN3CCOCC3)n2/N=C/c2ccc3c(c2)OCO3)c1. The molecule has 0 spiro atoms. The van der Waals surface area contributed by atoms with Crippen molar-refractivity contribution in [2.24, 2.45) is 10.1 Å². The van der Waals surface area contributed by atoms with Crippen LogP contribution in [0, 0.1) is 0 Å². The van der Waals surface area contributed by atoms with Crippen molar-refractivity contribution >= 4 is 29.2 Å². The standard InChI is InChI=1S/C23H23ClN4O3S/c24-19-3-1-2-18(13-19)20-15-32-23(25-6-7-27-8-10-29-11-9-27)28(20)26-14-17-4-5-21-22(12-17)31-16-30-21/h1-5,12-15H,6-11,16H2/b25-23?,26-14+. The predicted molar refractivity (Wildman–Crippen MR) is 126 cm³/mol. The summed E-state index contributed by atoms with van der Waals surface area (Å²) in [6.45, 7) is 5.34. The van der Waals surface area contributed by atoms with Gasteiger partial charge in [0.15, 0.2) is 11.5 Å². The fraction of sp³-hybridized carbons (Fsp3) is 0.304. The van der Waals surface area contributed by atoms with E-state index in [0.29, 0.717) is 11.6 Å². The summed E-state index contributed by atoms with van der Waals surface area (Å²) in [5.41, 5.74) is 2.86. The second kappa shape index (κ2) is 9.87. The van der Waals surface area contributed by atoms with Crippen molar-refractivity contribution in [3.05, 3.63) is 63.2 Å². The third-order valence-electron chi connectivity index (χ3n) is 5.29. The Kier molecular flexibility index (Phi) is 6.54. The summed E-state index contributed by atoms with van der Waals surface area (Å²) >= 11 is 7.81. The Labute approximate surface area is 195 Å². The van der Waals surface area contributed by atoms with Gasteiger partial charge in [-0.25, -0.2) is 4.68 Å². The van der Waals surface area contributed by atoms with Gasteiger partial charge in [0.2, 0.25) is 11.6 Å². The number of hydrogen-bond acceptors (Lipinski definition) is 7. The molecule has 0 radical (unpaired) electrons. The van der Waals surface area contributed by atoms with E-state index in [1.54, 1.807) is 11.3 Å². The van der Waals surface area contributed by atoms with Crippen LogP contribution in [0.3, 0.4) is 0 Å². The molecule has 3 heterocycles. The number of benzene rings is 2. The Hall–Kier alpha value is -2.65. The van der Waals surface area contributed by atoms with E-state index in [4.69, 9.17) is 35.9 Å². The molecule has 3 aromatic rings. The highest BCUT2D eigenvalue weighted by atomic mass is 35.5. The molecule has 166 valence electrons. The molecule has 0 atom stereocenters. The Morgan fingerprint density at radius 2 is 1.94 bits per heavy atom. The molecule has 0 unspecified atom stereocenters. The van der Waals surface area contributed by atoms with Gasteiger partial charge in [-0.05, 0) is 35.9 Å². The fourth-order valence-corrected chi connectivity index (χ4v) is 4.65. The highest BCUT2D eigenvalue weighted by Crippen LogP contribution is 2.32. The summed E-state index contributed by atoms with van der Waals surface area (Å²) < 4.78 is 18.2. The number of hydrogen-bond donors (Lipinski definition) is 0. The van der Waals surface area contributed by atoms with Crippen LogP contribution >= 0.6 is 22.9 Å². The average Bonchev–Trinajstić information content (AvgIpc) is 3.45. The maximum absolute atomic E-state index is 6.24. The molecule has 1 fully saturated rings. The first kappa shape index (κ1) is 21.2. The molecule has 9 heteroatoms. The van der Waals surface area contributed by atoms with Crippen molar-refractivity contribution in [2.45, 2.75) is 0 Å². The van der Waals surface area contributed by atoms with Gasteiger partial charge < -0.3 is 14.2 Å². The van der Waals surface area contributed by atoms with Crippen molar-refractivity contribution in [3.63, 3.8) is 0 Å². The lowest BCUT2D eigenvalue weighted by atomic mass is 10.2. The van der Waals surface area contributed by atoms with Crippen LogP contribution in [0.15, 0.2) is 57.9 Å². The molecule has 0 bridgehead atoms. The lowest BCUT2D eigenvalue weighted by Crippen LogP contribution is -2.38. The Morgan fingerprint density at radius 1 is 1.06 bits per heavy atom. The maximum Gasteiger partial charge on any atom is 0.231 e. The van der Waals surface area contributed by atoms with E-state index in [1.165, 1.54) is 0 Å². The third-order valence-corrected chi connectivity index (χ3v) is 6.38. The lowest BCUT2D eigenvalue weighted by molar-refractivity contribution is 0.0393. The van der Waals surface area contributed by atoms with Crippen LogP contribution in [0.2, 0.25) is 5.02 Å². The minimum absolute atomic E-state index is 0.250. The molecule has 0 N–H and O–H groups in total. The zero-order valence-electron chi connectivity index (χ0n) is 17.4. The van der Waals surface area contributed by atoms with Crippen LogP contribution in [-0.2, 0) is 4.74 Å². The minimum atomic E-state index is 0.250. The van der Waals surface area contributed by atoms with Crippen LogP contribution < -0.4 is 14.3 Å². The predicted octanol–water partition coefficient (Wildman–Crippen LogP) is 3.71. The van der Waals surface area contributed by atoms with Crippen molar-refractivity contribution in [1.82, 2.24) is 9.58 Å². The number of thiazole rings is 1. The van der Waals surface area contributed by atoms with Gasteiger partial charge in [-0.1, -0.05) is 23.7 Å². The molecule has 2 aliphatic rings. The van der Waals surface area contributed by atoms with E-state index in [9.17, 15) is 0 Å². The normalized spacial score (nSPS) is 16.8. The molecule has 1 aromatic heterocycles. The molecule has 0 saturated carbocycles. The Morgan fingerprint density at radius 3 is 2.81 bits per heavy atom. The van der Waals surface area contributed by atoms with E-state index in [0.717, 1.165) is 66.0 Å². The molecule has 32 heavy (non-hydrogen) atoms. The van der Waals surface area contributed by atoms with Gasteiger partial charge in [-0.15, -0.1) is 11.3 Å². The van der Waals surface area contributed by atoms with Crippen molar-refractivity contribution in [1.29, 1.82) is 0 Å². The summed E-state index contributed by atoms with van der Waals surface area (Å²) in [5.74, 6) is 1.48. The zero-order chi connectivity index (χ0) is 21.8. The first-order valence-corrected chi connectivity index (χ1v) is 11.7. The van der Waals surface area contributed by atoms with E-state index >= 15 is 0 Å². The molecule has 0 aliphatic carbocycles. The number of fused-ring (bicyclic) bond motifs is 1. The first-order chi connectivity index (χ1) is 15.8. The molecule has 2 aliphatic heterocycles. The molecule has 1 saturated heterocycles. The smallest absolute Gasteiger partial charge is 0.231 e. The average molecular weight is 471 g/mol. The topological polar surface area (TPSA) is 60.6 Å². The van der Waals surface area contributed by atoms with Gasteiger partial charge in [0, 0.05) is 35.6 Å². The van der Waals surface area contributed by atoms with E-state index in [2.05, 4.69) is 10.3 Å². The molecule has 5 rings (SSSR count). The van der Waals surface area contributed by atoms with E-state index < -0.39 is 0 Å². The summed E-state index contributed by atoms with van der Waals surface area (Å²) in [4.78, 5) is 8.06. The van der Waals surface area contributed by atoms with E-state index in [-0.39, 0.29) is 6.79 Å². The molecule has 2 aromatic carbocycles. The van der Waals surface area contributed by atoms with Gasteiger partial charge in [0.05, 0.1) is 31.7 Å². The maximum atomic E-state index is 6.24. The van der Waals surface area contributed by atoms with Crippen molar-refractivity contribution in [2.75, 3.05) is 46.2 Å². The highest BCUT2D eigenvalue weighted by molar-refractivity contribution is 7.07. The monoisotopic (exact) mass is 470 g/mol. The second-order valence-electron chi connectivity index (χ2n) is 7.42. The lowest BCUT2D eigenvalue weighted by Gasteiger charge is -2.25. The van der Waals surface area contributed by atoms with Crippen LogP contribution in [0.25, 0.3) is 11.3 Å². The largest absolute Gasteiger partial charge is 0.454 e. The van der Waals surface area contributed by atoms with Crippen LogP contribution in [-0.4, -0.2) is 62.0 Å². The molecular weight excluding hydrogens is 448 g/mol. The Bertz CT molecular complexity index is 1180. The molecule has 7 nitrogen and oxygen atoms in total. The fourth-order valence-electron chi connectivity index (χ4n) is 3.60. The van der Waals surface area contributed by atoms with E-state index in [1.807, 2.05) is 53.4 Å². The highest BCUT2D eigenvalue weighted by Gasteiger charge is 2.13.